The third kappa shape index (κ3) is 7.02. The molecule has 3 N–H and O–H groups in total. The Kier molecular flexibility index (Phi) is 7.44. The van der Waals surface area contributed by atoms with E-state index in [4.69, 9.17) is 0 Å². The average Bonchev–Trinajstić information content (AvgIpc) is 2.64. The molecular formula is C19H19F2N3O4. The van der Waals surface area contributed by atoms with Gasteiger partial charge in [-0.1, -0.05) is 18.2 Å². The normalized spacial score (nSPS) is 10.3. The fourth-order valence-electron chi connectivity index (χ4n) is 2.25. The number of nitrogens with one attached hydrogen (secondary N) is 3. The first-order chi connectivity index (χ1) is 13.3. The van der Waals surface area contributed by atoms with Crippen LogP contribution in [0.15, 0.2) is 48.5 Å². The molecular weight excluding hydrogens is 372 g/mol. The summed E-state index contributed by atoms with van der Waals surface area (Å²) in [7, 11) is 0. The molecule has 0 aliphatic heterocycles. The highest BCUT2D eigenvalue weighted by atomic mass is 19.3. The second-order valence-electron chi connectivity index (χ2n) is 5.74. The molecule has 2 aromatic rings. The van der Waals surface area contributed by atoms with Crippen molar-refractivity contribution >= 4 is 23.4 Å². The maximum absolute atomic E-state index is 12.2. The van der Waals surface area contributed by atoms with Crippen molar-refractivity contribution < 1.29 is 27.9 Å². The van der Waals surface area contributed by atoms with Crippen LogP contribution in [0.25, 0.3) is 0 Å². The molecule has 0 spiro atoms. The van der Waals surface area contributed by atoms with Crippen LogP contribution in [-0.2, 0) is 16.1 Å². The van der Waals surface area contributed by atoms with Gasteiger partial charge < -0.3 is 20.7 Å². The summed E-state index contributed by atoms with van der Waals surface area (Å²) in [6.45, 7) is -1.61. The molecule has 0 saturated heterocycles. The predicted molar refractivity (Wildman–Crippen MR) is 98.0 cm³/mol. The highest BCUT2D eigenvalue weighted by Gasteiger charge is 2.11. The number of halogens is 2. The Hall–Kier alpha value is -3.49. The second kappa shape index (κ2) is 10.0. The van der Waals surface area contributed by atoms with Crippen LogP contribution in [0, 0.1) is 0 Å². The van der Waals surface area contributed by atoms with Gasteiger partial charge in [0.15, 0.2) is 0 Å². The Labute approximate surface area is 160 Å². The number of hydrogen-bond acceptors (Lipinski definition) is 4. The van der Waals surface area contributed by atoms with Gasteiger partial charge in [0.1, 0.15) is 5.75 Å². The van der Waals surface area contributed by atoms with Crippen LogP contribution in [0.1, 0.15) is 22.8 Å². The molecule has 3 amide bonds. The van der Waals surface area contributed by atoms with Crippen molar-refractivity contribution in [3.8, 4) is 5.75 Å². The molecule has 0 aliphatic carbocycles. The van der Waals surface area contributed by atoms with E-state index < -0.39 is 18.4 Å². The number of carbonyl (C=O) groups is 3. The zero-order valence-electron chi connectivity index (χ0n) is 15.0. The highest BCUT2D eigenvalue weighted by Crippen LogP contribution is 2.15. The van der Waals surface area contributed by atoms with Gasteiger partial charge in [-0.05, 0) is 35.9 Å². The number of hydrogen-bond donors (Lipinski definition) is 3. The van der Waals surface area contributed by atoms with E-state index in [1.165, 1.54) is 25.1 Å². The first kappa shape index (κ1) is 20.8. The van der Waals surface area contributed by atoms with Crippen LogP contribution < -0.4 is 20.7 Å². The first-order valence-electron chi connectivity index (χ1n) is 8.30. The Bertz CT molecular complexity index is 841. The fourth-order valence-corrected chi connectivity index (χ4v) is 2.25. The van der Waals surface area contributed by atoms with Gasteiger partial charge in [-0.2, -0.15) is 8.78 Å². The summed E-state index contributed by atoms with van der Waals surface area (Å²) in [5, 5.41) is 7.68. The number of ether oxygens (including phenoxy) is 1. The topological polar surface area (TPSA) is 96.5 Å². The molecule has 0 atom stereocenters. The third-order valence-electron chi connectivity index (χ3n) is 3.49. The molecule has 28 heavy (non-hydrogen) atoms. The van der Waals surface area contributed by atoms with Gasteiger partial charge in [-0.25, -0.2) is 0 Å². The van der Waals surface area contributed by atoms with Crippen molar-refractivity contribution in [3.05, 3.63) is 59.7 Å². The van der Waals surface area contributed by atoms with E-state index in [1.54, 1.807) is 24.3 Å². The van der Waals surface area contributed by atoms with Gasteiger partial charge >= 0.3 is 6.61 Å². The lowest BCUT2D eigenvalue weighted by Crippen LogP contribution is -2.36. The maximum atomic E-state index is 12.2. The molecule has 0 aromatic heterocycles. The van der Waals surface area contributed by atoms with Crippen molar-refractivity contribution in [2.24, 2.45) is 0 Å². The van der Waals surface area contributed by atoms with Crippen LogP contribution in [-0.4, -0.2) is 30.9 Å². The van der Waals surface area contributed by atoms with Gasteiger partial charge in [-0.3, -0.25) is 14.4 Å². The monoisotopic (exact) mass is 391 g/mol. The van der Waals surface area contributed by atoms with Crippen molar-refractivity contribution in [3.63, 3.8) is 0 Å². The van der Waals surface area contributed by atoms with Crippen LogP contribution in [0.3, 0.4) is 0 Å². The molecule has 0 radical (unpaired) electrons. The number of anilines is 1. The van der Waals surface area contributed by atoms with Crippen LogP contribution in [0.2, 0.25) is 0 Å². The van der Waals surface area contributed by atoms with Gasteiger partial charge in [0.05, 0.1) is 6.54 Å². The number of carbonyl (C=O) groups excluding carboxylic acids is 3. The number of alkyl halides is 2. The molecule has 0 bridgehead atoms. The largest absolute Gasteiger partial charge is 0.435 e. The van der Waals surface area contributed by atoms with E-state index in [0.29, 0.717) is 5.69 Å². The van der Waals surface area contributed by atoms with E-state index in [0.717, 1.165) is 11.6 Å². The number of rotatable bonds is 8. The van der Waals surface area contributed by atoms with Gasteiger partial charge in [0.25, 0.3) is 5.91 Å². The summed E-state index contributed by atoms with van der Waals surface area (Å²) in [6.07, 6.45) is 0. The smallest absolute Gasteiger partial charge is 0.387 e. The lowest BCUT2D eigenvalue weighted by molar-refractivity contribution is -0.120. The molecule has 0 aliphatic rings. The molecule has 0 heterocycles. The molecule has 7 nitrogen and oxygen atoms in total. The van der Waals surface area contributed by atoms with Gasteiger partial charge in [0, 0.05) is 24.7 Å². The highest BCUT2D eigenvalue weighted by molar-refractivity contribution is 5.96. The van der Waals surface area contributed by atoms with Crippen molar-refractivity contribution in [1.82, 2.24) is 10.6 Å². The van der Waals surface area contributed by atoms with Gasteiger partial charge in [-0.15, -0.1) is 0 Å². The predicted octanol–water partition coefficient (Wildman–Crippen LogP) is 2.29. The lowest BCUT2D eigenvalue weighted by atomic mass is 10.2. The summed E-state index contributed by atoms with van der Waals surface area (Å²) in [5.41, 5.74) is 1.55. The Morgan fingerprint density at radius 3 is 2.39 bits per heavy atom. The van der Waals surface area contributed by atoms with Crippen LogP contribution in [0.4, 0.5) is 14.5 Å². The van der Waals surface area contributed by atoms with E-state index in [9.17, 15) is 23.2 Å². The summed E-state index contributed by atoms with van der Waals surface area (Å²) in [4.78, 5) is 34.9. The zero-order chi connectivity index (χ0) is 20.5. The minimum absolute atomic E-state index is 0.0968. The Morgan fingerprint density at radius 1 is 1.04 bits per heavy atom. The average molecular weight is 391 g/mol. The molecule has 9 heteroatoms. The maximum Gasteiger partial charge on any atom is 0.387 e. The third-order valence-corrected chi connectivity index (χ3v) is 3.49. The summed E-state index contributed by atoms with van der Waals surface area (Å²) in [5.74, 6) is -1.33. The lowest BCUT2D eigenvalue weighted by Gasteiger charge is -2.09. The van der Waals surface area contributed by atoms with Crippen LogP contribution in [0.5, 0.6) is 5.75 Å². The summed E-state index contributed by atoms with van der Waals surface area (Å²) < 4.78 is 28.7. The van der Waals surface area contributed by atoms with Crippen molar-refractivity contribution in [1.29, 1.82) is 0 Å². The molecule has 0 saturated carbocycles. The van der Waals surface area contributed by atoms with E-state index in [1.807, 2.05) is 0 Å². The minimum atomic E-state index is -2.99. The molecule has 2 rings (SSSR count). The number of amides is 3. The minimum Gasteiger partial charge on any atom is -0.435 e. The zero-order valence-corrected chi connectivity index (χ0v) is 15.0. The van der Waals surface area contributed by atoms with E-state index in [-0.39, 0.29) is 30.3 Å². The Morgan fingerprint density at radius 2 is 1.75 bits per heavy atom. The summed E-state index contributed by atoms with van der Waals surface area (Å²) >= 11 is 0. The van der Waals surface area contributed by atoms with Crippen molar-refractivity contribution in [2.45, 2.75) is 20.1 Å². The van der Waals surface area contributed by atoms with E-state index in [2.05, 4.69) is 20.7 Å². The van der Waals surface area contributed by atoms with Gasteiger partial charge in [0.2, 0.25) is 11.8 Å². The second-order valence-corrected chi connectivity index (χ2v) is 5.74. The SMILES string of the molecule is CC(=O)Nc1ccc(CNC(=O)CNC(=O)c2cccc(OC(F)F)c2)cc1. The molecule has 0 unspecified atom stereocenters. The summed E-state index contributed by atoms with van der Waals surface area (Å²) in [6, 6.07) is 12.2. The number of benzene rings is 2. The fraction of sp³-hybridized carbons (Fsp3) is 0.211. The molecule has 0 fully saturated rings. The quantitative estimate of drug-likeness (QED) is 0.643. The first-order valence-corrected chi connectivity index (χ1v) is 8.30. The van der Waals surface area contributed by atoms with Crippen LogP contribution >= 0.6 is 0 Å². The molecule has 2 aromatic carbocycles. The standard InChI is InChI=1S/C19H19F2N3O4/c1-12(25)24-15-7-5-13(6-8-15)10-22-17(26)11-23-18(27)14-3-2-4-16(9-14)28-19(20)21/h2-9,19H,10-11H2,1H3,(H,22,26)(H,23,27)(H,24,25). The molecule has 148 valence electrons. The van der Waals surface area contributed by atoms with Crippen molar-refractivity contribution in [2.75, 3.05) is 11.9 Å². The Balaban J connectivity index is 1.79. The van der Waals surface area contributed by atoms with E-state index >= 15 is 0 Å².